The molecule has 3 fully saturated rings. The second-order valence-corrected chi connectivity index (χ2v) is 13.8. The number of amides is 2. The molecule has 240 valence electrons. The number of sulfonamides is 1. The van der Waals surface area contributed by atoms with Gasteiger partial charge in [-0.3, -0.25) is 10.1 Å². The van der Waals surface area contributed by atoms with Crippen LogP contribution in [0.4, 0.5) is 10.5 Å². The molecule has 11 nitrogen and oxygen atoms in total. The summed E-state index contributed by atoms with van der Waals surface area (Å²) in [5, 5.41) is 2.65. The van der Waals surface area contributed by atoms with Crippen molar-refractivity contribution in [2.24, 2.45) is 29.4 Å². The lowest BCUT2D eigenvalue weighted by Gasteiger charge is -2.34. The Bertz CT molecular complexity index is 1330. The number of halogens is 2. The zero-order valence-corrected chi connectivity index (χ0v) is 27.2. The zero-order valence-electron chi connectivity index (χ0n) is 24.7. The molecule has 2 saturated heterocycles. The van der Waals surface area contributed by atoms with Crippen LogP contribution in [0.3, 0.4) is 0 Å². The predicted molar refractivity (Wildman–Crippen MR) is 171 cm³/mol. The fraction of sp³-hybridized carbons (Fsp3) is 0.621. The molecule has 4 N–H and O–H groups in total. The highest BCUT2D eigenvalue weighted by Crippen LogP contribution is 2.43. The molecular formula is C29H44Cl2N6O5S. The number of hydrogen-bond acceptors (Lipinski definition) is 7. The monoisotopic (exact) mass is 658 g/mol. The van der Waals surface area contributed by atoms with E-state index in [0.717, 1.165) is 62.0 Å². The summed E-state index contributed by atoms with van der Waals surface area (Å²) >= 11 is 0. The molecule has 2 amide bonds. The molecule has 0 radical (unpaired) electrons. The molecule has 0 spiro atoms. The molecule has 43 heavy (non-hydrogen) atoms. The van der Waals surface area contributed by atoms with Gasteiger partial charge in [0.15, 0.2) is 0 Å². The van der Waals surface area contributed by atoms with Crippen LogP contribution in [0.1, 0.15) is 56.8 Å². The highest BCUT2D eigenvalue weighted by molar-refractivity contribution is 7.88. The number of likely N-dealkylation sites (tertiary alicyclic amines) is 1. The molecule has 3 heterocycles. The summed E-state index contributed by atoms with van der Waals surface area (Å²) in [6, 6.07) is 7.24. The minimum absolute atomic E-state index is 0. The maximum Gasteiger partial charge on any atom is 0.411 e. The van der Waals surface area contributed by atoms with E-state index in [1.165, 1.54) is 13.4 Å². The van der Waals surface area contributed by atoms with Crippen LogP contribution in [0.2, 0.25) is 0 Å². The summed E-state index contributed by atoms with van der Waals surface area (Å²) < 4.78 is 30.3. The number of imidazole rings is 1. The minimum Gasteiger partial charge on any atom is -0.453 e. The standard InChI is InChI=1S/C29H42N6O5S.2ClH/c1-40-29(37)32-24-9-7-21(8-10-24)25-17-31-27(33-25)26-15-23(20-11-13-34(14-12-20)41(2,38)39)18-35(26)28(36)22-5-3-19(16-30)4-6-22;;/h7-10,17,19-20,22-23,26H,3-6,11-16,18,30H2,1-2H3,(H,31,33)(H,32,37);2*1H/t19?,22?,23-,26-;;/m0../s1. The molecule has 1 aliphatic carbocycles. The van der Waals surface area contributed by atoms with Crippen molar-refractivity contribution in [1.82, 2.24) is 19.2 Å². The van der Waals surface area contributed by atoms with Crippen molar-refractivity contribution in [2.75, 3.05) is 44.9 Å². The van der Waals surface area contributed by atoms with Crippen molar-refractivity contribution >= 4 is 52.5 Å². The van der Waals surface area contributed by atoms with Gasteiger partial charge in [0, 0.05) is 31.2 Å². The fourth-order valence-electron chi connectivity index (χ4n) is 6.83. The Morgan fingerprint density at radius 1 is 1.05 bits per heavy atom. The fourth-order valence-corrected chi connectivity index (χ4v) is 7.70. The molecule has 0 unspecified atom stereocenters. The molecule has 14 heteroatoms. The van der Waals surface area contributed by atoms with Crippen LogP contribution < -0.4 is 11.1 Å². The number of aromatic nitrogens is 2. The number of nitrogens with one attached hydrogen (secondary N) is 2. The number of ether oxygens (including phenoxy) is 1. The Balaban J connectivity index is 0.00000253. The van der Waals surface area contributed by atoms with Crippen LogP contribution >= 0.6 is 24.8 Å². The van der Waals surface area contributed by atoms with Crippen LogP contribution in [0.15, 0.2) is 30.5 Å². The number of hydrogen-bond donors (Lipinski definition) is 3. The lowest BCUT2D eigenvalue weighted by molar-refractivity contribution is -0.138. The van der Waals surface area contributed by atoms with Gasteiger partial charge in [-0.1, -0.05) is 12.1 Å². The summed E-state index contributed by atoms with van der Waals surface area (Å²) in [6.07, 6.45) is 8.69. The Kier molecular flexibility index (Phi) is 12.3. The van der Waals surface area contributed by atoms with Gasteiger partial charge in [-0.05, 0) is 86.9 Å². The topological polar surface area (TPSA) is 151 Å². The van der Waals surface area contributed by atoms with Gasteiger partial charge in [0.05, 0.1) is 31.3 Å². The number of anilines is 1. The minimum atomic E-state index is -3.19. The summed E-state index contributed by atoms with van der Waals surface area (Å²) in [6.45, 7) is 2.42. The summed E-state index contributed by atoms with van der Waals surface area (Å²) in [5.74, 6) is 2.15. The molecular weight excluding hydrogens is 615 g/mol. The smallest absolute Gasteiger partial charge is 0.411 e. The summed E-state index contributed by atoms with van der Waals surface area (Å²) in [7, 11) is -1.87. The third kappa shape index (κ3) is 8.21. The van der Waals surface area contributed by atoms with Crippen molar-refractivity contribution < 1.29 is 22.7 Å². The Hall–Kier alpha value is -2.38. The van der Waals surface area contributed by atoms with E-state index < -0.39 is 16.1 Å². The Morgan fingerprint density at radius 3 is 2.28 bits per heavy atom. The van der Waals surface area contributed by atoms with Gasteiger partial charge in [-0.25, -0.2) is 22.5 Å². The molecule has 0 bridgehead atoms. The van der Waals surface area contributed by atoms with E-state index in [4.69, 9.17) is 10.7 Å². The largest absolute Gasteiger partial charge is 0.453 e. The second kappa shape index (κ2) is 15.1. The molecule has 2 aromatic rings. The maximum atomic E-state index is 13.9. The zero-order chi connectivity index (χ0) is 29.1. The van der Waals surface area contributed by atoms with Crippen LogP contribution in [0.25, 0.3) is 11.3 Å². The molecule has 5 rings (SSSR count). The number of carbonyl (C=O) groups excluding carboxylic acids is 2. The number of nitrogens with two attached hydrogens (primary N) is 1. The van der Waals surface area contributed by atoms with Gasteiger partial charge in [0.1, 0.15) is 5.82 Å². The van der Waals surface area contributed by atoms with Crippen molar-refractivity contribution in [3.8, 4) is 11.3 Å². The number of aromatic amines is 1. The normalized spacial score (nSPS) is 25.0. The first-order valence-electron chi connectivity index (χ1n) is 14.6. The number of piperidine rings is 1. The average molecular weight is 660 g/mol. The average Bonchev–Trinajstić information content (AvgIpc) is 3.65. The van der Waals surface area contributed by atoms with Gasteiger partial charge in [0.2, 0.25) is 15.9 Å². The Morgan fingerprint density at radius 2 is 1.70 bits per heavy atom. The number of benzene rings is 1. The first-order valence-corrected chi connectivity index (χ1v) is 16.5. The summed E-state index contributed by atoms with van der Waals surface area (Å²) in [4.78, 5) is 35.7. The van der Waals surface area contributed by atoms with E-state index in [-0.39, 0.29) is 42.7 Å². The highest BCUT2D eigenvalue weighted by atomic mass is 35.5. The predicted octanol–water partition coefficient (Wildman–Crippen LogP) is 4.42. The first kappa shape index (κ1) is 35.1. The van der Waals surface area contributed by atoms with Gasteiger partial charge in [-0.15, -0.1) is 24.8 Å². The molecule has 1 saturated carbocycles. The SMILES string of the molecule is COC(=O)Nc1ccc(-c2cnc([C@@H]3C[C@H](C4CCN(S(C)(=O)=O)CC4)CN3C(=O)C3CCC(CN)CC3)[nH]2)cc1.Cl.Cl. The first-order chi connectivity index (χ1) is 19.7. The third-order valence-corrected chi connectivity index (χ3v) is 10.6. The molecule has 1 aromatic heterocycles. The van der Waals surface area contributed by atoms with E-state index in [0.29, 0.717) is 49.6 Å². The quantitative estimate of drug-likeness (QED) is 0.398. The van der Waals surface area contributed by atoms with Crippen molar-refractivity contribution in [1.29, 1.82) is 0 Å². The summed E-state index contributed by atoms with van der Waals surface area (Å²) in [5.41, 5.74) is 8.28. The molecule has 3 aliphatic rings. The van der Waals surface area contributed by atoms with Crippen molar-refractivity contribution in [3.05, 3.63) is 36.3 Å². The number of methoxy groups -OCH3 is 1. The second-order valence-electron chi connectivity index (χ2n) is 11.8. The van der Waals surface area contributed by atoms with E-state index in [1.54, 1.807) is 22.6 Å². The van der Waals surface area contributed by atoms with Gasteiger partial charge >= 0.3 is 6.09 Å². The van der Waals surface area contributed by atoms with E-state index in [9.17, 15) is 18.0 Å². The molecule has 2 atom stereocenters. The number of carbonyl (C=O) groups is 2. The molecule has 1 aromatic carbocycles. The highest BCUT2D eigenvalue weighted by Gasteiger charge is 2.44. The lowest BCUT2D eigenvalue weighted by Crippen LogP contribution is -2.41. The van der Waals surface area contributed by atoms with Crippen LogP contribution in [0, 0.1) is 23.7 Å². The molecule has 2 aliphatic heterocycles. The van der Waals surface area contributed by atoms with Crippen LogP contribution in [-0.2, 0) is 19.6 Å². The van der Waals surface area contributed by atoms with Crippen LogP contribution in [-0.4, -0.2) is 79.1 Å². The van der Waals surface area contributed by atoms with Crippen molar-refractivity contribution in [3.63, 3.8) is 0 Å². The van der Waals surface area contributed by atoms with E-state index >= 15 is 0 Å². The number of rotatable bonds is 7. The van der Waals surface area contributed by atoms with Gasteiger partial charge in [0.25, 0.3) is 0 Å². The lowest BCUT2D eigenvalue weighted by atomic mass is 9.81. The van der Waals surface area contributed by atoms with Crippen LogP contribution in [0.5, 0.6) is 0 Å². The number of nitrogens with zero attached hydrogens (tertiary/aromatic N) is 3. The van der Waals surface area contributed by atoms with Gasteiger partial charge in [-0.2, -0.15) is 0 Å². The van der Waals surface area contributed by atoms with Gasteiger partial charge < -0.3 is 20.4 Å². The van der Waals surface area contributed by atoms with E-state index in [2.05, 4.69) is 15.0 Å². The Labute approximate surface area is 266 Å². The third-order valence-electron chi connectivity index (χ3n) is 9.32. The van der Waals surface area contributed by atoms with E-state index in [1.807, 2.05) is 17.0 Å². The maximum absolute atomic E-state index is 13.9. The number of H-pyrrole nitrogens is 1. The van der Waals surface area contributed by atoms with Crippen molar-refractivity contribution in [2.45, 2.75) is 51.0 Å².